The van der Waals surface area contributed by atoms with E-state index in [9.17, 15) is 9.90 Å². The van der Waals surface area contributed by atoms with Crippen LogP contribution in [0, 0.1) is 0 Å². The summed E-state index contributed by atoms with van der Waals surface area (Å²) in [5.74, 6) is 0.106. The van der Waals surface area contributed by atoms with Crippen molar-refractivity contribution in [2.45, 2.75) is 0 Å². The molecule has 0 aliphatic carbocycles. The molecule has 114 valence electrons. The summed E-state index contributed by atoms with van der Waals surface area (Å²) in [6.07, 6.45) is 0. The molecule has 3 rings (SSSR count). The number of carbonyl (C=O) groups is 1. The number of hydrogen-bond acceptors (Lipinski definition) is 2. The van der Waals surface area contributed by atoms with Gasteiger partial charge in [-0.05, 0) is 35.4 Å². The SMILES string of the molecule is O=C(Nc1ccc(-c2ccccc2)cc1)Nc1cccc(O)c1. The van der Waals surface area contributed by atoms with E-state index in [0.717, 1.165) is 11.1 Å². The van der Waals surface area contributed by atoms with Crippen LogP contribution in [0.1, 0.15) is 0 Å². The number of nitrogens with one attached hydrogen (secondary N) is 2. The van der Waals surface area contributed by atoms with E-state index in [-0.39, 0.29) is 11.8 Å². The Morgan fingerprint density at radius 3 is 2.04 bits per heavy atom. The molecule has 0 aliphatic heterocycles. The van der Waals surface area contributed by atoms with Crippen molar-refractivity contribution in [2.75, 3.05) is 10.6 Å². The van der Waals surface area contributed by atoms with Gasteiger partial charge in [0, 0.05) is 17.4 Å². The number of hydrogen-bond donors (Lipinski definition) is 3. The summed E-state index contributed by atoms with van der Waals surface area (Å²) in [7, 11) is 0. The Bertz CT molecular complexity index is 799. The zero-order chi connectivity index (χ0) is 16.1. The number of rotatable bonds is 3. The number of anilines is 2. The lowest BCUT2D eigenvalue weighted by molar-refractivity contribution is 0.262. The van der Waals surface area contributed by atoms with Crippen LogP contribution in [0.3, 0.4) is 0 Å². The molecule has 0 fully saturated rings. The molecule has 4 nitrogen and oxygen atoms in total. The van der Waals surface area contributed by atoms with E-state index in [4.69, 9.17) is 0 Å². The minimum atomic E-state index is -0.358. The molecule has 0 saturated heterocycles. The molecule has 4 heteroatoms. The molecule has 0 saturated carbocycles. The average molecular weight is 304 g/mol. The van der Waals surface area contributed by atoms with Gasteiger partial charge < -0.3 is 15.7 Å². The van der Waals surface area contributed by atoms with E-state index >= 15 is 0 Å². The third-order valence-corrected chi connectivity index (χ3v) is 3.35. The van der Waals surface area contributed by atoms with Gasteiger partial charge in [0.05, 0.1) is 0 Å². The molecule has 0 radical (unpaired) electrons. The van der Waals surface area contributed by atoms with Gasteiger partial charge in [-0.2, -0.15) is 0 Å². The standard InChI is InChI=1S/C19H16N2O2/c22-18-8-4-7-17(13-18)21-19(23)20-16-11-9-15(10-12-16)14-5-2-1-3-6-14/h1-13,22H,(H2,20,21,23). The maximum Gasteiger partial charge on any atom is 0.323 e. The lowest BCUT2D eigenvalue weighted by Gasteiger charge is -2.09. The van der Waals surface area contributed by atoms with Gasteiger partial charge >= 0.3 is 6.03 Å². The number of urea groups is 1. The molecular weight excluding hydrogens is 288 g/mol. The summed E-state index contributed by atoms with van der Waals surface area (Å²) < 4.78 is 0. The first-order valence-corrected chi connectivity index (χ1v) is 7.23. The van der Waals surface area contributed by atoms with E-state index in [1.807, 2.05) is 54.6 Å². The van der Waals surface area contributed by atoms with Crippen LogP contribution in [-0.4, -0.2) is 11.1 Å². The summed E-state index contributed by atoms with van der Waals surface area (Å²) in [4.78, 5) is 11.9. The molecule has 0 spiro atoms. The summed E-state index contributed by atoms with van der Waals surface area (Å²) >= 11 is 0. The summed E-state index contributed by atoms with van der Waals surface area (Å²) in [5.41, 5.74) is 3.44. The summed E-state index contributed by atoms with van der Waals surface area (Å²) in [5, 5.41) is 14.8. The van der Waals surface area contributed by atoms with E-state index in [2.05, 4.69) is 10.6 Å². The third-order valence-electron chi connectivity index (χ3n) is 3.35. The molecule has 0 unspecified atom stereocenters. The lowest BCUT2D eigenvalue weighted by Crippen LogP contribution is -2.19. The van der Waals surface area contributed by atoms with Crippen molar-refractivity contribution in [2.24, 2.45) is 0 Å². The lowest BCUT2D eigenvalue weighted by atomic mass is 10.1. The third kappa shape index (κ3) is 3.89. The first-order valence-electron chi connectivity index (χ1n) is 7.23. The minimum absolute atomic E-state index is 0.106. The average Bonchev–Trinajstić information content (AvgIpc) is 2.56. The Balaban J connectivity index is 1.65. The summed E-state index contributed by atoms with van der Waals surface area (Å²) in [6, 6.07) is 23.7. The highest BCUT2D eigenvalue weighted by Crippen LogP contribution is 2.21. The topological polar surface area (TPSA) is 61.4 Å². The first-order chi connectivity index (χ1) is 11.2. The predicted molar refractivity (Wildman–Crippen MR) is 92.6 cm³/mol. The number of phenolic OH excluding ortho intramolecular Hbond substituents is 1. The Kier molecular flexibility index (Phi) is 4.25. The number of carbonyl (C=O) groups excluding carboxylic acids is 1. The maximum atomic E-state index is 11.9. The van der Waals surface area contributed by atoms with E-state index < -0.39 is 0 Å². The summed E-state index contributed by atoms with van der Waals surface area (Å²) in [6.45, 7) is 0. The van der Waals surface area contributed by atoms with Crippen LogP contribution in [-0.2, 0) is 0 Å². The molecular formula is C19H16N2O2. The van der Waals surface area contributed by atoms with Crippen LogP contribution >= 0.6 is 0 Å². The molecule has 3 aromatic carbocycles. The van der Waals surface area contributed by atoms with Crippen molar-refractivity contribution in [3.63, 3.8) is 0 Å². The fourth-order valence-corrected chi connectivity index (χ4v) is 2.25. The smallest absolute Gasteiger partial charge is 0.323 e. The Morgan fingerprint density at radius 2 is 1.35 bits per heavy atom. The van der Waals surface area contributed by atoms with Crippen LogP contribution in [0.2, 0.25) is 0 Å². The van der Waals surface area contributed by atoms with Crippen LogP contribution in [0.15, 0.2) is 78.9 Å². The zero-order valence-electron chi connectivity index (χ0n) is 12.4. The number of benzene rings is 3. The molecule has 0 aliphatic rings. The maximum absolute atomic E-state index is 11.9. The predicted octanol–water partition coefficient (Wildman–Crippen LogP) is 4.70. The van der Waals surface area contributed by atoms with E-state index in [0.29, 0.717) is 11.4 Å². The van der Waals surface area contributed by atoms with Gasteiger partial charge in [0.15, 0.2) is 0 Å². The molecule has 23 heavy (non-hydrogen) atoms. The second kappa shape index (κ2) is 6.66. The van der Waals surface area contributed by atoms with Crippen molar-refractivity contribution in [1.82, 2.24) is 0 Å². The number of phenols is 1. The monoisotopic (exact) mass is 304 g/mol. The van der Waals surface area contributed by atoms with Crippen LogP contribution in [0.5, 0.6) is 5.75 Å². The van der Waals surface area contributed by atoms with E-state index in [1.54, 1.807) is 18.2 Å². The zero-order valence-corrected chi connectivity index (χ0v) is 12.4. The second-order valence-corrected chi connectivity index (χ2v) is 5.07. The van der Waals surface area contributed by atoms with Gasteiger partial charge in [-0.3, -0.25) is 0 Å². The molecule has 2 amide bonds. The van der Waals surface area contributed by atoms with E-state index in [1.165, 1.54) is 6.07 Å². The highest BCUT2D eigenvalue weighted by molar-refractivity contribution is 5.99. The van der Waals surface area contributed by atoms with Crippen molar-refractivity contribution in [1.29, 1.82) is 0 Å². The van der Waals surface area contributed by atoms with Gasteiger partial charge in [-0.1, -0.05) is 48.5 Å². The highest BCUT2D eigenvalue weighted by atomic mass is 16.3. The van der Waals surface area contributed by atoms with Crippen molar-refractivity contribution in [3.05, 3.63) is 78.9 Å². The molecule has 0 bridgehead atoms. The van der Waals surface area contributed by atoms with Crippen LogP contribution in [0.4, 0.5) is 16.2 Å². The fraction of sp³-hybridized carbons (Fsp3) is 0. The molecule has 0 heterocycles. The fourth-order valence-electron chi connectivity index (χ4n) is 2.25. The van der Waals surface area contributed by atoms with Crippen molar-refractivity contribution < 1.29 is 9.90 Å². The largest absolute Gasteiger partial charge is 0.508 e. The molecule has 0 atom stereocenters. The van der Waals surface area contributed by atoms with Gasteiger partial charge in [0.25, 0.3) is 0 Å². The van der Waals surface area contributed by atoms with Gasteiger partial charge in [0.1, 0.15) is 5.75 Å². The van der Waals surface area contributed by atoms with Crippen LogP contribution < -0.4 is 10.6 Å². The molecule has 0 aromatic heterocycles. The Morgan fingerprint density at radius 1 is 0.696 bits per heavy atom. The normalized spacial score (nSPS) is 10.1. The first kappa shape index (κ1) is 14.7. The minimum Gasteiger partial charge on any atom is -0.508 e. The number of aromatic hydroxyl groups is 1. The van der Waals surface area contributed by atoms with Gasteiger partial charge in [0.2, 0.25) is 0 Å². The number of amides is 2. The second-order valence-electron chi connectivity index (χ2n) is 5.07. The van der Waals surface area contributed by atoms with Gasteiger partial charge in [-0.25, -0.2) is 4.79 Å². The van der Waals surface area contributed by atoms with Crippen molar-refractivity contribution >= 4 is 17.4 Å². The van der Waals surface area contributed by atoms with Gasteiger partial charge in [-0.15, -0.1) is 0 Å². The Labute approximate surface area is 134 Å². The molecule has 3 aromatic rings. The van der Waals surface area contributed by atoms with Crippen molar-refractivity contribution in [3.8, 4) is 16.9 Å². The molecule has 3 N–H and O–H groups in total. The van der Waals surface area contributed by atoms with Crippen LogP contribution in [0.25, 0.3) is 11.1 Å². The quantitative estimate of drug-likeness (QED) is 0.656. The highest BCUT2D eigenvalue weighted by Gasteiger charge is 2.04. The Hall–Kier alpha value is -3.27.